The van der Waals surface area contributed by atoms with E-state index in [0.717, 1.165) is 21.8 Å². The van der Waals surface area contributed by atoms with Gasteiger partial charge < -0.3 is 10.2 Å². The molecule has 0 heterocycles. The maximum absolute atomic E-state index is 11.6. The number of hydrogen-bond donors (Lipinski definition) is 2. The molecule has 0 aliphatic rings. The fourth-order valence-electron chi connectivity index (χ4n) is 2.09. The van der Waals surface area contributed by atoms with Crippen LogP contribution in [0.2, 0.25) is 8.94 Å². The Kier molecular flexibility index (Phi) is 25.3. The van der Waals surface area contributed by atoms with Crippen molar-refractivity contribution in [3.8, 4) is 0 Å². The Morgan fingerprint density at radius 3 is 1.29 bits per heavy atom. The summed E-state index contributed by atoms with van der Waals surface area (Å²) in [6.07, 6.45) is 2.47. The molecule has 0 aromatic carbocycles. The molecule has 184 valence electrons. The van der Waals surface area contributed by atoms with Gasteiger partial charge in [0.15, 0.2) is 0 Å². The molecule has 0 bridgehead atoms. The van der Waals surface area contributed by atoms with Crippen molar-refractivity contribution in [3.05, 3.63) is 0 Å². The summed E-state index contributed by atoms with van der Waals surface area (Å²) in [6.45, 7) is 3.37. The Bertz CT molecular complexity index is 375. The number of hydrogen-bond acceptors (Lipinski definition) is 10. The van der Waals surface area contributed by atoms with Crippen molar-refractivity contribution in [2.75, 3.05) is 79.3 Å². The molecule has 0 saturated carbocycles. The van der Waals surface area contributed by atoms with Crippen molar-refractivity contribution in [1.82, 2.24) is 0 Å². The van der Waals surface area contributed by atoms with Crippen LogP contribution >= 0.6 is 0 Å². The van der Waals surface area contributed by atoms with Gasteiger partial charge in [0, 0.05) is 0 Å². The molecule has 0 aromatic heterocycles. The molecule has 2 N–H and O–H groups in total. The first-order valence-corrected chi connectivity index (χ1v) is 13.9. The summed E-state index contributed by atoms with van der Waals surface area (Å²) in [7, 11) is 0. The smallest absolute Gasteiger partial charge is 0.394 e. The zero-order valence-corrected chi connectivity index (χ0v) is 20.6. The number of ether oxygens (including phenoxy) is 6. The first kappa shape index (κ1) is 30.5. The van der Waals surface area contributed by atoms with E-state index in [-0.39, 0.29) is 59.3 Å². The van der Waals surface area contributed by atoms with Gasteiger partial charge in [-0.05, 0) is 0 Å². The van der Waals surface area contributed by atoms with E-state index in [1.54, 1.807) is 0 Å². The Labute approximate surface area is 194 Å². The van der Waals surface area contributed by atoms with Gasteiger partial charge in [-0.3, -0.25) is 0 Å². The number of carbonyl (C=O) groups excluding carboxylic acids is 2. The third kappa shape index (κ3) is 25.6. The van der Waals surface area contributed by atoms with E-state index in [2.05, 4.69) is 0 Å². The molecule has 0 unspecified atom stereocenters. The predicted octanol–water partition coefficient (Wildman–Crippen LogP) is 0.225. The zero-order chi connectivity index (χ0) is 22.8. The Hall–Kier alpha value is -0.510. The van der Waals surface area contributed by atoms with Crippen molar-refractivity contribution < 1.29 is 48.2 Å². The van der Waals surface area contributed by atoms with Gasteiger partial charge in [0.25, 0.3) is 0 Å². The summed E-state index contributed by atoms with van der Waals surface area (Å²) in [6, 6.07) is 0. The van der Waals surface area contributed by atoms with Crippen LogP contribution in [0.4, 0.5) is 0 Å². The van der Waals surface area contributed by atoms with Crippen molar-refractivity contribution in [2.45, 2.75) is 34.6 Å². The van der Waals surface area contributed by atoms with Gasteiger partial charge in [-0.15, -0.1) is 0 Å². The van der Waals surface area contributed by atoms with Crippen LogP contribution in [0, 0.1) is 0 Å². The van der Waals surface area contributed by atoms with Gasteiger partial charge in [-0.1, -0.05) is 0 Å². The van der Waals surface area contributed by atoms with E-state index in [9.17, 15) is 9.59 Å². The average molecular weight is 566 g/mol. The maximum atomic E-state index is 11.6. The summed E-state index contributed by atoms with van der Waals surface area (Å²) in [5.41, 5.74) is 0. The number of rotatable bonds is 24. The molecule has 31 heavy (non-hydrogen) atoms. The molecule has 10 nitrogen and oxygen atoms in total. The predicted molar refractivity (Wildman–Crippen MR) is 113 cm³/mol. The Morgan fingerprint density at radius 1 is 0.548 bits per heavy atom. The molecule has 0 aliphatic carbocycles. The van der Waals surface area contributed by atoms with Gasteiger partial charge in [0.2, 0.25) is 0 Å². The first-order valence-electron chi connectivity index (χ1n) is 10.6. The second-order valence-corrected chi connectivity index (χ2v) is 9.65. The SMILES string of the molecule is O=C(CCC[Te]CCCC(=O)OCCOCCOCCO)OCCOCCOCCO. The summed E-state index contributed by atoms with van der Waals surface area (Å²) >= 11 is -0.200. The van der Waals surface area contributed by atoms with Crippen LogP contribution in [0.25, 0.3) is 0 Å². The second kappa shape index (κ2) is 25.7. The fraction of sp³-hybridized carbons (Fsp3) is 0.900. The van der Waals surface area contributed by atoms with Gasteiger partial charge in [0.1, 0.15) is 0 Å². The van der Waals surface area contributed by atoms with Crippen molar-refractivity contribution in [3.63, 3.8) is 0 Å². The van der Waals surface area contributed by atoms with Gasteiger partial charge >= 0.3 is 172 Å². The quantitative estimate of drug-likeness (QED) is 0.0952. The molecule has 0 amide bonds. The summed E-state index contributed by atoms with van der Waals surface area (Å²) in [5.74, 6) is -0.420. The standard InChI is InChI=1S/C20H38O10Te/c21-5-7-25-9-11-27-13-15-29-19(23)3-1-17-31-18-2-4-20(24)30-16-14-28-12-10-26-8-6-22/h21-22H,1-18H2. The number of carbonyl (C=O) groups is 2. The van der Waals surface area contributed by atoms with Crippen molar-refractivity contribution in [2.24, 2.45) is 0 Å². The zero-order valence-electron chi connectivity index (χ0n) is 18.3. The van der Waals surface area contributed by atoms with E-state index in [4.69, 9.17) is 38.6 Å². The normalized spacial score (nSPS) is 10.9. The van der Waals surface area contributed by atoms with Crippen LogP contribution in [0.15, 0.2) is 0 Å². The summed E-state index contributed by atoms with van der Waals surface area (Å²) in [4.78, 5) is 23.2. The number of aliphatic hydroxyl groups excluding tert-OH is 2. The van der Waals surface area contributed by atoms with Crippen LogP contribution in [-0.4, -0.2) is 122 Å². The van der Waals surface area contributed by atoms with Crippen LogP contribution in [0.3, 0.4) is 0 Å². The van der Waals surface area contributed by atoms with E-state index in [1.807, 2.05) is 0 Å². The van der Waals surface area contributed by atoms with Gasteiger partial charge in [-0.25, -0.2) is 0 Å². The summed E-state index contributed by atoms with van der Waals surface area (Å²) in [5, 5.41) is 17.1. The molecular formula is C20H38O10Te. The van der Waals surface area contributed by atoms with Gasteiger partial charge in [-0.2, -0.15) is 0 Å². The molecule has 0 aromatic rings. The third-order valence-electron chi connectivity index (χ3n) is 3.54. The number of aliphatic hydroxyl groups is 2. The topological polar surface area (TPSA) is 130 Å². The number of esters is 2. The molecule has 0 rings (SSSR count). The first-order chi connectivity index (χ1) is 15.2. The third-order valence-corrected chi connectivity index (χ3v) is 6.83. The minimum atomic E-state index is -0.210. The van der Waals surface area contributed by atoms with Crippen LogP contribution < -0.4 is 0 Å². The molecule has 0 fully saturated rings. The van der Waals surface area contributed by atoms with Crippen molar-refractivity contribution >= 4 is 32.9 Å². The van der Waals surface area contributed by atoms with Crippen LogP contribution in [0.1, 0.15) is 25.7 Å². The average Bonchev–Trinajstić information content (AvgIpc) is 2.76. The van der Waals surface area contributed by atoms with E-state index in [0.29, 0.717) is 65.7 Å². The second-order valence-electron chi connectivity index (χ2n) is 6.16. The molecule has 0 aliphatic heterocycles. The van der Waals surface area contributed by atoms with Crippen LogP contribution in [-0.2, 0) is 38.0 Å². The minimum Gasteiger partial charge on any atom is -0.394 e. The van der Waals surface area contributed by atoms with E-state index in [1.165, 1.54) is 0 Å². The molecule has 0 radical (unpaired) electrons. The Balaban J connectivity index is 3.26. The molecule has 11 heteroatoms. The van der Waals surface area contributed by atoms with E-state index >= 15 is 0 Å². The van der Waals surface area contributed by atoms with Gasteiger partial charge in [0.05, 0.1) is 13.2 Å². The monoisotopic (exact) mass is 568 g/mol. The molecular weight excluding hydrogens is 528 g/mol. The molecule has 0 saturated heterocycles. The van der Waals surface area contributed by atoms with Crippen LogP contribution in [0.5, 0.6) is 0 Å². The summed E-state index contributed by atoms with van der Waals surface area (Å²) < 4.78 is 32.8. The van der Waals surface area contributed by atoms with E-state index < -0.39 is 0 Å². The van der Waals surface area contributed by atoms with Crippen molar-refractivity contribution in [1.29, 1.82) is 0 Å². The molecule has 0 spiro atoms. The molecule has 0 atom stereocenters. The Morgan fingerprint density at radius 2 is 0.903 bits per heavy atom. The fourth-order valence-corrected chi connectivity index (χ4v) is 4.66. The minimum absolute atomic E-state index is 0.00630.